The summed E-state index contributed by atoms with van der Waals surface area (Å²) in [7, 11) is 0. The predicted octanol–water partition coefficient (Wildman–Crippen LogP) is 3.88. The lowest BCUT2D eigenvalue weighted by Crippen LogP contribution is -2.29. The lowest BCUT2D eigenvalue weighted by Gasteiger charge is -2.37. The van der Waals surface area contributed by atoms with Crippen LogP contribution in [0.2, 0.25) is 0 Å². The van der Waals surface area contributed by atoms with Crippen LogP contribution in [0.15, 0.2) is 18.2 Å². The molecule has 1 fully saturated rings. The molecule has 0 radical (unpaired) electrons. The van der Waals surface area contributed by atoms with Crippen LogP contribution in [0.1, 0.15) is 56.1 Å². The Kier molecular flexibility index (Phi) is 4.30. The van der Waals surface area contributed by atoms with E-state index < -0.39 is 0 Å². The zero-order valence-electron chi connectivity index (χ0n) is 12.6. The summed E-state index contributed by atoms with van der Waals surface area (Å²) >= 11 is 0. The van der Waals surface area contributed by atoms with Crippen molar-refractivity contribution in [1.29, 1.82) is 0 Å². The molecular formula is C18H27NO. The second-order valence-electron chi connectivity index (χ2n) is 6.48. The Hall–Kier alpha value is -1.02. The number of ether oxygens (including phenoxy) is 1. The maximum absolute atomic E-state index is 6.05. The van der Waals surface area contributed by atoms with Crippen molar-refractivity contribution in [1.82, 2.24) is 0 Å². The van der Waals surface area contributed by atoms with Crippen LogP contribution in [0.25, 0.3) is 0 Å². The summed E-state index contributed by atoms with van der Waals surface area (Å²) in [6.07, 6.45) is 7.54. The van der Waals surface area contributed by atoms with Crippen LogP contribution in [0.3, 0.4) is 0 Å². The second kappa shape index (κ2) is 6.17. The molecule has 0 saturated heterocycles. The summed E-state index contributed by atoms with van der Waals surface area (Å²) in [4.78, 5) is 0. The molecule has 1 aliphatic heterocycles. The van der Waals surface area contributed by atoms with Gasteiger partial charge in [-0.25, -0.2) is 0 Å². The molecule has 1 aliphatic carbocycles. The lowest BCUT2D eigenvalue weighted by molar-refractivity contribution is 0.224. The Morgan fingerprint density at radius 3 is 3.00 bits per heavy atom. The first kappa shape index (κ1) is 13.9. The zero-order valence-corrected chi connectivity index (χ0v) is 12.6. The Morgan fingerprint density at radius 2 is 2.20 bits per heavy atom. The van der Waals surface area contributed by atoms with E-state index in [1.165, 1.54) is 49.0 Å². The van der Waals surface area contributed by atoms with Crippen molar-refractivity contribution in [2.24, 2.45) is 17.6 Å². The highest BCUT2D eigenvalue weighted by Crippen LogP contribution is 2.45. The van der Waals surface area contributed by atoms with Gasteiger partial charge in [-0.3, -0.25) is 0 Å². The summed E-state index contributed by atoms with van der Waals surface area (Å²) < 4.78 is 6.03. The molecule has 110 valence electrons. The van der Waals surface area contributed by atoms with Crippen molar-refractivity contribution in [3.63, 3.8) is 0 Å². The van der Waals surface area contributed by atoms with E-state index in [9.17, 15) is 0 Å². The van der Waals surface area contributed by atoms with Crippen LogP contribution in [0, 0.1) is 11.8 Å². The molecule has 1 aromatic rings. The van der Waals surface area contributed by atoms with Crippen molar-refractivity contribution in [3.8, 4) is 5.75 Å². The van der Waals surface area contributed by atoms with Gasteiger partial charge in [-0.2, -0.15) is 0 Å². The van der Waals surface area contributed by atoms with Gasteiger partial charge < -0.3 is 10.5 Å². The van der Waals surface area contributed by atoms with Gasteiger partial charge in [0.05, 0.1) is 6.61 Å². The maximum atomic E-state index is 6.05. The minimum atomic E-state index is 0.603. The van der Waals surface area contributed by atoms with Crippen molar-refractivity contribution in [2.75, 3.05) is 13.2 Å². The van der Waals surface area contributed by atoms with E-state index in [2.05, 4.69) is 25.1 Å². The highest BCUT2D eigenvalue weighted by Gasteiger charge is 2.32. The van der Waals surface area contributed by atoms with E-state index in [4.69, 9.17) is 10.5 Å². The van der Waals surface area contributed by atoms with E-state index in [-0.39, 0.29) is 0 Å². The summed E-state index contributed by atoms with van der Waals surface area (Å²) in [5.41, 5.74) is 8.90. The van der Waals surface area contributed by atoms with Gasteiger partial charge >= 0.3 is 0 Å². The van der Waals surface area contributed by atoms with Crippen LogP contribution in [-0.4, -0.2) is 13.2 Å². The first-order valence-corrected chi connectivity index (χ1v) is 8.28. The number of nitrogens with two attached hydrogens (primary N) is 1. The standard InChI is InChI=1S/C18H27NO/c1-2-13-8-9-15(12-19)17(11-13)16-7-3-5-14-6-4-10-20-18(14)16/h3,5,7,13,15,17H,2,4,6,8-12,19H2,1H3. The molecule has 3 rings (SSSR count). The molecule has 1 heterocycles. The third kappa shape index (κ3) is 2.58. The molecule has 1 aromatic carbocycles. The van der Waals surface area contributed by atoms with Gasteiger partial charge in [0, 0.05) is 0 Å². The molecule has 2 nitrogen and oxygen atoms in total. The molecule has 3 unspecified atom stereocenters. The Balaban J connectivity index is 1.93. The highest BCUT2D eigenvalue weighted by atomic mass is 16.5. The molecule has 0 amide bonds. The average Bonchev–Trinajstić information content (AvgIpc) is 2.53. The molecular weight excluding hydrogens is 246 g/mol. The molecule has 0 spiro atoms. The monoisotopic (exact) mass is 273 g/mol. The lowest BCUT2D eigenvalue weighted by atomic mass is 9.70. The first-order chi connectivity index (χ1) is 9.83. The van der Waals surface area contributed by atoms with E-state index >= 15 is 0 Å². The molecule has 0 bridgehead atoms. The van der Waals surface area contributed by atoms with Crippen LogP contribution in [0.5, 0.6) is 5.75 Å². The molecule has 0 aromatic heterocycles. The molecule has 2 aliphatic rings. The summed E-state index contributed by atoms with van der Waals surface area (Å²) in [6, 6.07) is 6.73. The third-order valence-corrected chi connectivity index (χ3v) is 5.35. The van der Waals surface area contributed by atoms with Crippen molar-refractivity contribution in [3.05, 3.63) is 29.3 Å². The fourth-order valence-corrected chi connectivity index (χ4v) is 4.06. The maximum Gasteiger partial charge on any atom is 0.125 e. The van der Waals surface area contributed by atoms with E-state index in [1.54, 1.807) is 0 Å². The van der Waals surface area contributed by atoms with Gasteiger partial charge in [0.2, 0.25) is 0 Å². The van der Waals surface area contributed by atoms with E-state index in [0.717, 1.165) is 25.5 Å². The van der Waals surface area contributed by atoms with Gasteiger partial charge in [0.15, 0.2) is 0 Å². The Morgan fingerprint density at radius 1 is 1.30 bits per heavy atom. The van der Waals surface area contributed by atoms with Gasteiger partial charge in [-0.05, 0) is 61.1 Å². The SMILES string of the molecule is CCC1CCC(CN)C(c2cccc3c2OCCC3)C1. The second-order valence-corrected chi connectivity index (χ2v) is 6.48. The minimum Gasteiger partial charge on any atom is -0.493 e. The van der Waals surface area contributed by atoms with Crippen LogP contribution in [-0.2, 0) is 6.42 Å². The number of aryl methyl sites for hydroxylation is 1. The first-order valence-electron chi connectivity index (χ1n) is 8.28. The van der Waals surface area contributed by atoms with Crippen molar-refractivity contribution >= 4 is 0 Å². The van der Waals surface area contributed by atoms with Crippen molar-refractivity contribution in [2.45, 2.75) is 51.4 Å². The fourth-order valence-electron chi connectivity index (χ4n) is 4.06. The van der Waals surface area contributed by atoms with Crippen LogP contribution in [0.4, 0.5) is 0 Å². The van der Waals surface area contributed by atoms with Gasteiger partial charge in [0.1, 0.15) is 5.75 Å². The molecule has 20 heavy (non-hydrogen) atoms. The van der Waals surface area contributed by atoms with Gasteiger partial charge in [-0.1, -0.05) is 38.0 Å². The molecule has 1 saturated carbocycles. The molecule has 3 atom stereocenters. The zero-order chi connectivity index (χ0) is 13.9. The van der Waals surface area contributed by atoms with Crippen molar-refractivity contribution < 1.29 is 4.74 Å². The Bertz CT molecular complexity index is 457. The van der Waals surface area contributed by atoms with Gasteiger partial charge in [0.25, 0.3) is 0 Å². The quantitative estimate of drug-likeness (QED) is 0.907. The number of para-hydroxylation sites is 1. The van der Waals surface area contributed by atoms with E-state index in [1.807, 2.05) is 0 Å². The summed E-state index contributed by atoms with van der Waals surface area (Å²) in [5.74, 6) is 3.29. The Labute approximate surface area is 122 Å². The van der Waals surface area contributed by atoms with Crippen LogP contribution < -0.4 is 10.5 Å². The number of rotatable bonds is 3. The molecule has 2 N–H and O–H groups in total. The smallest absolute Gasteiger partial charge is 0.125 e. The number of benzene rings is 1. The average molecular weight is 273 g/mol. The van der Waals surface area contributed by atoms with E-state index in [0.29, 0.717) is 11.8 Å². The third-order valence-electron chi connectivity index (χ3n) is 5.35. The number of fused-ring (bicyclic) bond motifs is 1. The summed E-state index contributed by atoms with van der Waals surface area (Å²) in [5, 5.41) is 0. The molecule has 2 heteroatoms. The summed E-state index contributed by atoms with van der Waals surface area (Å²) in [6.45, 7) is 4.01. The highest BCUT2D eigenvalue weighted by molar-refractivity contribution is 5.45. The minimum absolute atomic E-state index is 0.603. The van der Waals surface area contributed by atoms with Crippen LogP contribution >= 0.6 is 0 Å². The van der Waals surface area contributed by atoms with Gasteiger partial charge in [-0.15, -0.1) is 0 Å². The predicted molar refractivity (Wildman–Crippen MR) is 83.2 cm³/mol. The topological polar surface area (TPSA) is 35.2 Å². The number of hydrogen-bond donors (Lipinski definition) is 1. The normalized spacial score (nSPS) is 29.6. The largest absolute Gasteiger partial charge is 0.493 e. The fraction of sp³-hybridized carbons (Fsp3) is 0.667. The number of hydrogen-bond acceptors (Lipinski definition) is 2.